The van der Waals surface area contributed by atoms with Gasteiger partial charge in [0.05, 0.1) is 0 Å². The highest BCUT2D eigenvalue weighted by atomic mass is 35.5. The van der Waals surface area contributed by atoms with Crippen molar-refractivity contribution < 1.29 is 0 Å². The Balaban J connectivity index is 2.14. The SMILES string of the molecule is Clc1cccc2c1CCC21CCNC1. The van der Waals surface area contributed by atoms with E-state index in [2.05, 4.69) is 17.4 Å². The van der Waals surface area contributed by atoms with E-state index in [1.54, 1.807) is 0 Å². The Kier molecular flexibility index (Phi) is 1.86. The third-order valence-corrected chi connectivity index (χ3v) is 4.14. The lowest BCUT2D eigenvalue weighted by molar-refractivity contribution is 0.468. The van der Waals surface area contributed by atoms with E-state index in [1.165, 1.54) is 24.0 Å². The fraction of sp³-hybridized carbons (Fsp3) is 0.500. The van der Waals surface area contributed by atoms with Gasteiger partial charge in [-0.25, -0.2) is 0 Å². The lowest BCUT2D eigenvalue weighted by Gasteiger charge is -2.23. The molecule has 14 heavy (non-hydrogen) atoms. The Bertz CT molecular complexity index is 367. The molecular weight excluding hydrogens is 194 g/mol. The average Bonchev–Trinajstić information content (AvgIpc) is 2.78. The van der Waals surface area contributed by atoms with Crippen molar-refractivity contribution in [3.05, 3.63) is 34.3 Å². The number of hydrogen-bond acceptors (Lipinski definition) is 1. The standard InChI is InChI=1S/C12H14ClN/c13-11-3-1-2-10-9(11)4-5-12(10)6-7-14-8-12/h1-3,14H,4-8H2. The lowest BCUT2D eigenvalue weighted by Crippen LogP contribution is -2.25. The minimum Gasteiger partial charge on any atom is -0.316 e. The van der Waals surface area contributed by atoms with Crippen LogP contribution >= 0.6 is 11.6 Å². The number of hydrogen-bond donors (Lipinski definition) is 1. The molecule has 0 bridgehead atoms. The summed E-state index contributed by atoms with van der Waals surface area (Å²) in [6.45, 7) is 2.30. The van der Waals surface area contributed by atoms with E-state index in [0.717, 1.165) is 24.5 Å². The molecule has 1 aromatic rings. The Morgan fingerprint density at radius 2 is 2.21 bits per heavy atom. The van der Waals surface area contributed by atoms with Crippen LogP contribution in [0.1, 0.15) is 24.0 Å². The van der Waals surface area contributed by atoms with Crippen molar-refractivity contribution in [1.82, 2.24) is 5.32 Å². The highest BCUT2D eigenvalue weighted by molar-refractivity contribution is 6.31. The molecule has 1 aliphatic heterocycles. The van der Waals surface area contributed by atoms with E-state index in [0.29, 0.717) is 5.41 Å². The molecule has 1 heterocycles. The number of halogens is 1. The lowest BCUT2D eigenvalue weighted by atomic mass is 9.81. The van der Waals surface area contributed by atoms with Crippen molar-refractivity contribution in [2.24, 2.45) is 0 Å². The van der Waals surface area contributed by atoms with Gasteiger partial charge in [-0.2, -0.15) is 0 Å². The summed E-state index contributed by atoms with van der Waals surface area (Å²) in [6, 6.07) is 6.37. The summed E-state index contributed by atoms with van der Waals surface area (Å²) in [7, 11) is 0. The summed E-state index contributed by atoms with van der Waals surface area (Å²) in [6.07, 6.45) is 3.72. The molecule has 1 nitrogen and oxygen atoms in total. The number of nitrogens with one attached hydrogen (secondary N) is 1. The van der Waals surface area contributed by atoms with Crippen molar-refractivity contribution in [3.63, 3.8) is 0 Å². The van der Waals surface area contributed by atoms with Gasteiger partial charge in [0.25, 0.3) is 0 Å². The van der Waals surface area contributed by atoms with E-state index < -0.39 is 0 Å². The van der Waals surface area contributed by atoms with E-state index in [4.69, 9.17) is 11.6 Å². The summed E-state index contributed by atoms with van der Waals surface area (Å²) >= 11 is 6.21. The van der Waals surface area contributed by atoms with E-state index in [-0.39, 0.29) is 0 Å². The van der Waals surface area contributed by atoms with Crippen molar-refractivity contribution in [1.29, 1.82) is 0 Å². The molecule has 1 saturated heterocycles. The van der Waals surface area contributed by atoms with Gasteiger partial charge in [0.1, 0.15) is 0 Å². The van der Waals surface area contributed by atoms with Crippen LogP contribution in [-0.2, 0) is 11.8 Å². The zero-order valence-electron chi connectivity index (χ0n) is 8.15. The maximum Gasteiger partial charge on any atom is 0.0440 e. The topological polar surface area (TPSA) is 12.0 Å². The molecule has 74 valence electrons. The molecule has 2 heteroatoms. The van der Waals surface area contributed by atoms with Crippen LogP contribution in [0.25, 0.3) is 0 Å². The van der Waals surface area contributed by atoms with Crippen LogP contribution in [-0.4, -0.2) is 13.1 Å². The molecule has 0 saturated carbocycles. The molecule has 1 aromatic carbocycles. The Morgan fingerprint density at radius 3 is 3.00 bits per heavy atom. The molecule has 0 radical (unpaired) electrons. The maximum atomic E-state index is 6.21. The first-order chi connectivity index (χ1) is 6.82. The van der Waals surface area contributed by atoms with Crippen LogP contribution in [0.5, 0.6) is 0 Å². The summed E-state index contributed by atoms with van der Waals surface area (Å²) < 4.78 is 0. The predicted molar refractivity (Wildman–Crippen MR) is 58.9 cm³/mol. The number of benzene rings is 1. The largest absolute Gasteiger partial charge is 0.316 e. The van der Waals surface area contributed by atoms with Crippen molar-refractivity contribution >= 4 is 11.6 Å². The number of fused-ring (bicyclic) bond motifs is 2. The highest BCUT2D eigenvalue weighted by Crippen LogP contribution is 2.45. The quantitative estimate of drug-likeness (QED) is 0.690. The van der Waals surface area contributed by atoms with Gasteiger partial charge in [0.15, 0.2) is 0 Å². The molecule has 1 atom stereocenters. The molecule has 2 aliphatic rings. The second-order valence-corrected chi connectivity index (χ2v) is 4.88. The van der Waals surface area contributed by atoms with Gasteiger partial charge in [0, 0.05) is 17.0 Å². The first-order valence-electron chi connectivity index (χ1n) is 5.30. The molecular formula is C12H14ClN. The van der Waals surface area contributed by atoms with Crippen LogP contribution in [0, 0.1) is 0 Å². The van der Waals surface area contributed by atoms with Gasteiger partial charge in [-0.15, -0.1) is 0 Å². The first-order valence-corrected chi connectivity index (χ1v) is 5.68. The minimum absolute atomic E-state index is 0.417. The minimum atomic E-state index is 0.417. The molecule has 1 spiro atoms. The van der Waals surface area contributed by atoms with Crippen molar-refractivity contribution in [2.45, 2.75) is 24.7 Å². The summed E-state index contributed by atoms with van der Waals surface area (Å²) in [5.74, 6) is 0. The van der Waals surface area contributed by atoms with Crippen LogP contribution < -0.4 is 5.32 Å². The first kappa shape index (κ1) is 8.75. The number of rotatable bonds is 0. The van der Waals surface area contributed by atoms with Crippen LogP contribution in [0.4, 0.5) is 0 Å². The van der Waals surface area contributed by atoms with E-state index in [9.17, 15) is 0 Å². The van der Waals surface area contributed by atoms with Crippen LogP contribution in [0.2, 0.25) is 5.02 Å². The van der Waals surface area contributed by atoms with Crippen molar-refractivity contribution in [3.8, 4) is 0 Å². The van der Waals surface area contributed by atoms with Gasteiger partial charge < -0.3 is 5.32 Å². The van der Waals surface area contributed by atoms with Gasteiger partial charge in [-0.1, -0.05) is 23.7 Å². The molecule has 0 amide bonds. The molecule has 1 fully saturated rings. The zero-order valence-corrected chi connectivity index (χ0v) is 8.90. The van der Waals surface area contributed by atoms with Gasteiger partial charge >= 0.3 is 0 Å². The van der Waals surface area contributed by atoms with E-state index >= 15 is 0 Å². The zero-order chi connectivity index (χ0) is 9.60. The Hall–Kier alpha value is -0.530. The average molecular weight is 208 g/mol. The smallest absolute Gasteiger partial charge is 0.0440 e. The summed E-state index contributed by atoms with van der Waals surface area (Å²) in [5.41, 5.74) is 3.33. The van der Waals surface area contributed by atoms with Gasteiger partial charge in [-0.3, -0.25) is 0 Å². The van der Waals surface area contributed by atoms with Crippen molar-refractivity contribution in [2.75, 3.05) is 13.1 Å². The molecule has 1 aliphatic carbocycles. The second-order valence-electron chi connectivity index (χ2n) is 4.47. The summed E-state index contributed by atoms with van der Waals surface area (Å²) in [4.78, 5) is 0. The van der Waals surface area contributed by atoms with E-state index in [1.807, 2.05) is 6.07 Å². The predicted octanol–water partition coefficient (Wildman–Crippen LogP) is 2.52. The molecule has 0 aromatic heterocycles. The third-order valence-electron chi connectivity index (χ3n) is 3.79. The monoisotopic (exact) mass is 207 g/mol. The van der Waals surface area contributed by atoms with Gasteiger partial charge in [0.2, 0.25) is 0 Å². The van der Waals surface area contributed by atoms with Crippen LogP contribution in [0.15, 0.2) is 18.2 Å². The second kappa shape index (κ2) is 2.98. The van der Waals surface area contributed by atoms with Gasteiger partial charge in [-0.05, 0) is 43.0 Å². The highest BCUT2D eigenvalue weighted by Gasteiger charge is 2.41. The molecule has 1 unspecified atom stereocenters. The maximum absolute atomic E-state index is 6.21. The molecule has 3 rings (SSSR count). The Labute approximate surface area is 89.5 Å². The molecule has 1 N–H and O–H groups in total. The van der Waals surface area contributed by atoms with Crippen LogP contribution in [0.3, 0.4) is 0 Å². The summed E-state index contributed by atoms with van der Waals surface area (Å²) in [5, 5.41) is 4.44. The fourth-order valence-corrected chi connectivity index (χ4v) is 3.26. The Morgan fingerprint density at radius 1 is 1.29 bits per heavy atom. The fourth-order valence-electron chi connectivity index (χ4n) is 3.00. The normalized spacial score (nSPS) is 29.8. The third kappa shape index (κ3) is 1.06.